The molecule has 2 aromatic rings. The van der Waals surface area contributed by atoms with Crippen LogP contribution in [0.15, 0.2) is 48.5 Å². The average Bonchev–Trinajstić information content (AvgIpc) is 2.69. The van der Waals surface area contributed by atoms with Crippen molar-refractivity contribution in [3.8, 4) is 11.5 Å². The number of hydrogen-bond acceptors (Lipinski definition) is 4. The zero-order valence-corrected chi connectivity index (χ0v) is 16.1. The summed E-state index contributed by atoms with van der Waals surface area (Å²) in [6, 6.07) is 15.7. The summed E-state index contributed by atoms with van der Waals surface area (Å²) in [7, 11) is 3.30. The molecule has 2 atom stereocenters. The third-order valence-electron chi connectivity index (χ3n) is 4.00. The van der Waals surface area contributed by atoms with Gasteiger partial charge in [0.05, 0.1) is 14.2 Å². The van der Waals surface area contributed by atoms with Gasteiger partial charge in [0.1, 0.15) is 17.8 Å². The molecule has 26 heavy (non-hydrogen) atoms. The number of aldehydes is 1. The van der Waals surface area contributed by atoms with E-state index in [1.165, 1.54) is 11.1 Å². The Balaban J connectivity index is 0.000000260. The molecule has 2 rings (SSSR count). The maximum absolute atomic E-state index is 10.4. The van der Waals surface area contributed by atoms with E-state index in [0.29, 0.717) is 5.92 Å². The number of aliphatic hydroxyl groups is 1. The van der Waals surface area contributed by atoms with E-state index in [1.807, 2.05) is 62.4 Å². The van der Waals surface area contributed by atoms with Crippen molar-refractivity contribution >= 4 is 6.29 Å². The van der Waals surface area contributed by atoms with Crippen molar-refractivity contribution in [3.05, 3.63) is 59.7 Å². The molecule has 0 saturated heterocycles. The molecule has 0 spiro atoms. The van der Waals surface area contributed by atoms with Crippen molar-refractivity contribution in [2.75, 3.05) is 20.8 Å². The minimum Gasteiger partial charge on any atom is -0.497 e. The monoisotopic (exact) mass is 358 g/mol. The fraction of sp³-hybridized carbons (Fsp3) is 0.409. The van der Waals surface area contributed by atoms with E-state index in [-0.39, 0.29) is 12.5 Å². The molecule has 1 N–H and O–H groups in total. The number of ether oxygens (including phenoxy) is 2. The van der Waals surface area contributed by atoms with Crippen LogP contribution in [0.3, 0.4) is 0 Å². The Morgan fingerprint density at radius 2 is 1.27 bits per heavy atom. The molecule has 0 aromatic heterocycles. The molecule has 142 valence electrons. The molecule has 0 amide bonds. The van der Waals surface area contributed by atoms with E-state index in [4.69, 9.17) is 14.6 Å². The molecule has 0 radical (unpaired) electrons. The Morgan fingerprint density at radius 3 is 1.62 bits per heavy atom. The van der Waals surface area contributed by atoms with E-state index in [9.17, 15) is 4.79 Å². The van der Waals surface area contributed by atoms with Crippen LogP contribution in [-0.4, -0.2) is 32.2 Å². The van der Waals surface area contributed by atoms with Gasteiger partial charge >= 0.3 is 0 Å². The fourth-order valence-corrected chi connectivity index (χ4v) is 2.41. The number of rotatable bonds is 8. The maximum atomic E-state index is 10.4. The summed E-state index contributed by atoms with van der Waals surface area (Å²) in [5, 5.41) is 8.87. The quantitative estimate of drug-likeness (QED) is 0.726. The lowest BCUT2D eigenvalue weighted by molar-refractivity contribution is -0.110. The third kappa shape index (κ3) is 8.17. The van der Waals surface area contributed by atoms with Crippen LogP contribution >= 0.6 is 0 Å². The maximum Gasteiger partial charge on any atom is 0.123 e. The Bertz CT molecular complexity index is 620. The number of hydrogen-bond donors (Lipinski definition) is 1. The molecular formula is C22H30O4. The van der Waals surface area contributed by atoms with Crippen LogP contribution in [0.25, 0.3) is 0 Å². The predicted molar refractivity (Wildman–Crippen MR) is 105 cm³/mol. The number of carbonyl (C=O) groups excluding carboxylic acids is 1. The standard InChI is InChI=1S/C11H16O2.C11H14O2/c2*1-9(8-12)7-10-3-5-11(13-2)6-4-10/h3-6,9,12H,7-8H2,1-2H3;3-6,8-9H,7H2,1-2H3/t2*9-/m00/s1. The lowest BCUT2D eigenvalue weighted by Crippen LogP contribution is -2.04. The van der Waals surface area contributed by atoms with Crippen molar-refractivity contribution in [2.45, 2.75) is 26.7 Å². The first kappa shape index (κ1) is 21.7. The summed E-state index contributed by atoms with van der Waals surface area (Å²) in [6.07, 6.45) is 2.69. The third-order valence-corrected chi connectivity index (χ3v) is 4.00. The van der Waals surface area contributed by atoms with Gasteiger partial charge in [-0.3, -0.25) is 0 Å². The van der Waals surface area contributed by atoms with Crippen LogP contribution < -0.4 is 9.47 Å². The first-order valence-electron chi connectivity index (χ1n) is 8.84. The number of benzene rings is 2. The number of carbonyl (C=O) groups is 1. The van der Waals surface area contributed by atoms with Crippen LogP contribution in [0, 0.1) is 11.8 Å². The lowest BCUT2D eigenvalue weighted by Gasteiger charge is -2.07. The molecule has 2 aromatic carbocycles. The van der Waals surface area contributed by atoms with Crippen LogP contribution in [0.4, 0.5) is 0 Å². The first-order chi connectivity index (χ1) is 12.5. The SMILES string of the molecule is COc1ccc(C[C@H](C)C=O)cc1.COc1ccc(C[C@H](C)CO)cc1. The van der Waals surface area contributed by atoms with E-state index in [2.05, 4.69) is 0 Å². The van der Waals surface area contributed by atoms with Gasteiger partial charge in [-0.15, -0.1) is 0 Å². The molecule has 4 heteroatoms. The second kappa shape index (κ2) is 12.1. The summed E-state index contributed by atoms with van der Waals surface area (Å²) in [4.78, 5) is 10.4. The Hall–Kier alpha value is -2.33. The predicted octanol–water partition coefficient (Wildman–Crippen LogP) is 3.94. The lowest BCUT2D eigenvalue weighted by atomic mass is 10.0. The van der Waals surface area contributed by atoms with Crippen molar-refractivity contribution in [1.29, 1.82) is 0 Å². The van der Waals surface area contributed by atoms with Crippen LogP contribution in [-0.2, 0) is 17.6 Å². The molecule has 0 aliphatic carbocycles. The highest BCUT2D eigenvalue weighted by atomic mass is 16.5. The molecule has 0 saturated carbocycles. The molecule has 4 nitrogen and oxygen atoms in total. The van der Waals surface area contributed by atoms with Gasteiger partial charge in [0.15, 0.2) is 0 Å². The van der Waals surface area contributed by atoms with Gasteiger partial charge in [-0.1, -0.05) is 38.1 Å². The minimum absolute atomic E-state index is 0.0911. The highest BCUT2D eigenvalue weighted by Crippen LogP contribution is 2.14. The molecule has 0 aliphatic rings. The first-order valence-corrected chi connectivity index (χ1v) is 8.84. The summed E-state index contributed by atoms with van der Waals surface area (Å²) >= 11 is 0. The van der Waals surface area contributed by atoms with Crippen LogP contribution in [0.1, 0.15) is 25.0 Å². The summed E-state index contributed by atoms with van der Waals surface area (Å²) in [5.74, 6) is 2.14. The number of aliphatic hydroxyl groups excluding tert-OH is 1. The van der Waals surface area contributed by atoms with Gasteiger partial charge in [0, 0.05) is 12.5 Å². The Kier molecular flexibility index (Phi) is 10.1. The minimum atomic E-state index is 0.0911. The largest absolute Gasteiger partial charge is 0.497 e. The zero-order chi connectivity index (χ0) is 19.4. The van der Waals surface area contributed by atoms with E-state index in [1.54, 1.807) is 14.2 Å². The summed E-state index contributed by atoms with van der Waals surface area (Å²) in [6.45, 7) is 4.19. The smallest absolute Gasteiger partial charge is 0.123 e. The van der Waals surface area contributed by atoms with Crippen molar-refractivity contribution in [1.82, 2.24) is 0 Å². The average molecular weight is 358 g/mol. The highest BCUT2D eigenvalue weighted by molar-refractivity contribution is 5.53. The normalized spacial score (nSPS) is 12.3. The second-order valence-electron chi connectivity index (χ2n) is 6.51. The molecule has 0 bridgehead atoms. The molecule has 0 heterocycles. The molecule has 0 fully saturated rings. The van der Waals surface area contributed by atoms with Gasteiger partial charge in [-0.25, -0.2) is 0 Å². The highest BCUT2D eigenvalue weighted by Gasteiger charge is 2.02. The Labute approximate surface area is 156 Å². The summed E-state index contributed by atoms with van der Waals surface area (Å²) < 4.78 is 10.1. The van der Waals surface area contributed by atoms with E-state index in [0.717, 1.165) is 30.6 Å². The van der Waals surface area contributed by atoms with Gasteiger partial charge in [0.2, 0.25) is 0 Å². The zero-order valence-electron chi connectivity index (χ0n) is 16.1. The molecule has 0 unspecified atom stereocenters. The fourth-order valence-electron chi connectivity index (χ4n) is 2.41. The van der Waals surface area contributed by atoms with Crippen molar-refractivity contribution in [3.63, 3.8) is 0 Å². The van der Waals surface area contributed by atoms with Crippen molar-refractivity contribution < 1.29 is 19.4 Å². The van der Waals surface area contributed by atoms with Gasteiger partial charge < -0.3 is 19.4 Å². The Morgan fingerprint density at radius 1 is 0.846 bits per heavy atom. The van der Waals surface area contributed by atoms with Crippen LogP contribution in [0.2, 0.25) is 0 Å². The molecular weight excluding hydrogens is 328 g/mol. The summed E-state index contributed by atoms with van der Waals surface area (Å²) in [5.41, 5.74) is 2.41. The van der Waals surface area contributed by atoms with Gasteiger partial charge in [-0.2, -0.15) is 0 Å². The van der Waals surface area contributed by atoms with E-state index < -0.39 is 0 Å². The van der Waals surface area contributed by atoms with E-state index >= 15 is 0 Å². The van der Waals surface area contributed by atoms with Crippen molar-refractivity contribution in [2.24, 2.45) is 11.8 Å². The van der Waals surface area contributed by atoms with Gasteiger partial charge in [-0.05, 0) is 54.2 Å². The topological polar surface area (TPSA) is 55.8 Å². The van der Waals surface area contributed by atoms with Gasteiger partial charge in [0.25, 0.3) is 0 Å². The molecule has 0 aliphatic heterocycles. The number of methoxy groups -OCH3 is 2. The van der Waals surface area contributed by atoms with Crippen LogP contribution in [0.5, 0.6) is 11.5 Å². The second-order valence-corrected chi connectivity index (χ2v) is 6.51.